The molecule has 7 nitrogen and oxygen atoms in total. The average molecular weight is 437 g/mol. The van der Waals surface area contributed by atoms with E-state index in [-0.39, 0.29) is 11.4 Å². The van der Waals surface area contributed by atoms with Gasteiger partial charge in [-0.2, -0.15) is 0 Å². The lowest BCUT2D eigenvalue weighted by Crippen LogP contribution is -2.56. The van der Waals surface area contributed by atoms with Crippen molar-refractivity contribution >= 4 is 17.4 Å². The predicted octanol–water partition coefficient (Wildman–Crippen LogP) is 3.70. The van der Waals surface area contributed by atoms with Crippen molar-refractivity contribution in [3.63, 3.8) is 0 Å². The molecule has 1 atom stereocenters. The summed E-state index contributed by atoms with van der Waals surface area (Å²) in [6.45, 7) is 8.16. The number of carbonyl (C=O) groups excluding carboxylic acids is 1. The van der Waals surface area contributed by atoms with Crippen molar-refractivity contribution in [2.75, 3.05) is 32.6 Å². The molecule has 2 aliphatic heterocycles. The lowest BCUT2D eigenvalue weighted by atomic mass is 9.95. The quantitative estimate of drug-likeness (QED) is 0.767. The first-order valence-electron chi connectivity index (χ1n) is 11.0. The van der Waals surface area contributed by atoms with E-state index in [1.54, 1.807) is 32.4 Å². The van der Waals surface area contributed by atoms with Crippen LogP contribution in [0.1, 0.15) is 43.1 Å². The Bertz CT molecular complexity index is 1040. The normalized spacial score (nSPS) is 21.8. The van der Waals surface area contributed by atoms with Gasteiger partial charge in [0.25, 0.3) is 5.91 Å². The Balaban J connectivity index is 1.64. The summed E-state index contributed by atoms with van der Waals surface area (Å²) in [7, 11) is 3.16. The summed E-state index contributed by atoms with van der Waals surface area (Å²) < 4.78 is 10.7. The standard InChI is InChI=1S/C25H32N4O3/c1-24(2,3)28-23-25(26-15-18-8-6-7-9-19(18)27-23)12-13-29(16-25)22(30)17-10-11-20(31-4)21(14-17)32-5/h6-11,14,26H,12-13,15-16H2,1-5H3,(H,27,28)/t25-/m0/s1. The summed E-state index contributed by atoms with van der Waals surface area (Å²) >= 11 is 0. The summed E-state index contributed by atoms with van der Waals surface area (Å²) in [5, 5.41) is 7.33. The third kappa shape index (κ3) is 4.30. The zero-order valence-corrected chi connectivity index (χ0v) is 19.5. The van der Waals surface area contributed by atoms with Crippen LogP contribution in [0.2, 0.25) is 0 Å². The van der Waals surface area contributed by atoms with E-state index in [4.69, 9.17) is 14.5 Å². The maximum atomic E-state index is 13.4. The van der Waals surface area contributed by atoms with Gasteiger partial charge in [0.1, 0.15) is 5.84 Å². The number of benzene rings is 2. The minimum atomic E-state index is -0.432. The molecule has 2 aliphatic rings. The minimum absolute atomic E-state index is 0.0264. The molecule has 2 heterocycles. The molecule has 0 unspecified atom stereocenters. The number of hydrogen-bond donors (Lipinski definition) is 2. The van der Waals surface area contributed by atoms with E-state index in [9.17, 15) is 4.79 Å². The maximum absolute atomic E-state index is 13.4. The summed E-state index contributed by atoms with van der Waals surface area (Å²) in [5.74, 6) is 2.01. The van der Waals surface area contributed by atoms with Crippen LogP contribution in [-0.2, 0) is 6.54 Å². The molecule has 0 radical (unpaired) electrons. The summed E-state index contributed by atoms with van der Waals surface area (Å²) in [4.78, 5) is 20.3. The van der Waals surface area contributed by atoms with Gasteiger partial charge >= 0.3 is 0 Å². The number of amidine groups is 1. The van der Waals surface area contributed by atoms with E-state index < -0.39 is 5.54 Å². The van der Waals surface area contributed by atoms with Crippen molar-refractivity contribution in [3.05, 3.63) is 53.6 Å². The highest BCUT2D eigenvalue weighted by atomic mass is 16.5. The van der Waals surface area contributed by atoms with Crippen LogP contribution in [0, 0.1) is 0 Å². The van der Waals surface area contributed by atoms with Gasteiger partial charge in [-0.05, 0) is 57.0 Å². The van der Waals surface area contributed by atoms with E-state index >= 15 is 0 Å². The van der Waals surface area contributed by atoms with Gasteiger partial charge in [0.05, 0.1) is 25.3 Å². The van der Waals surface area contributed by atoms with E-state index in [1.807, 2.05) is 17.0 Å². The lowest BCUT2D eigenvalue weighted by molar-refractivity contribution is 0.0785. The Kier molecular flexibility index (Phi) is 5.86. The second-order valence-electron chi connectivity index (χ2n) is 9.40. The maximum Gasteiger partial charge on any atom is 0.254 e. The van der Waals surface area contributed by atoms with Gasteiger partial charge in [0.15, 0.2) is 11.5 Å². The molecular formula is C25H32N4O3. The molecule has 1 amide bonds. The molecule has 2 aromatic carbocycles. The van der Waals surface area contributed by atoms with Crippen molar-refractivity contribution in [1.82, 2.24) is 10.2 Å². The Morgan fingerprint density at radius 2 is 1.84 bits per heavy atom. The fourth-order valence-corrected chi connectivity index (χ4v) is 4.33. The number of nitrogens with one attached hydrogen (secondary N) is 2. The molecular weight excluding hydrogens is 404 g/mol. The molecule has 2 N–H and O–H groups in total. The first kappa shape index (κ1) is 22.1. The SMILES string of the molecule is COc1ccc(C(=O)N2CC[C@@]3(C2)NCc2ccccc2NC3=NC(C)(C)C)cc1OC. The Morgan fingerprint density at radius 3 is 2.56 bits per heavy atom. The largest absolute Gasteiger partial charge is 0.493 e. The molecule has 0 aromatic heterocycles. The number of nitrogens with zero attached hydrogens (tertiary/aromatic N) is 2. The first-order valence-corrected chi connectivity index (χ1v) is 11.0. The van der Waals surface area contributed by atoms with Crippen LogP contribution in [0.25, 0.3) is 0 Å². The molecule has 7 heteroatoms. The second-order valence-corrected chi connectivity index (χ2v) is 9.40. The van der Waals surface area contributed by atoms with Crippen LogP contribution in [0.15, 0.2) is 47.5 Å². The van der Waals surface area contributed by atoms with Crippen molar-refractivity contribution in [3.8, 4) is 11.5 Å². The summed E-state index contributed by atoms with van der Waals surface area (Å²) in [6, 6.07) is 13.6. The number of anilines is 1. The molecule has 32 heavy (non-hydrogen) atoms. The van der Waals surface area contributed by atoms with Crippen molar-refractivity contribution in [2.24, 2.45) is 4.99 Å². The van der Waals surface area contributed by atoms with Crippen LogP contribution in [0.3, 0.4) is 0 Å². The van der Waals surface area contributed by atoms with E-state index in [0.717, 1.165) is 17.9 Å². The molecule has 4 rings (SSSR count). The van der Waals surface area contributed by atoms with Gasteiger partial charge in [-0.15, -0.1) is 0 Å². The number of amides is 1. The number of rotatable bonds is 3. The molecule has 0 aliphatic carbocycles. The minimum Gasteiger partial charge on any atom is -0.493 e. The third-order valence-electron chi connectivity index (χ3n) is 5.98. The molecule has 1 spiro atoms. The van der Waals surface area contributed by atoms with E-state index in [2.05, 4.69) is 43.5 Å². The molecule has 0 bridgehead atoms. The molecule has 2 aromatic rings. The number of methoxy groups -OCH3 is 2. The number of likely N-dealkylation sites (tertiary alicyclic amines) is 1. The molecule has 1 fully saturated rings. The lowest BCUT2D eigenvalue weighted by Gasteiger charge is -2.32. The van der Waals surface area contributed by atoms with Crippen LogP contribution < -0.4 is 20.1 Å². The Hall–Kier alpha value is -3.06. The third-order valence-corrected chi connectivity index (χ3v) is 5.98. The highest BCUT2D eigenvalue weighted by Gasteiger charge is 2.46. The second kappa shape index (κ2) is 8.47. The highest BCUT2D eigenvalue weighted by molar-refractivity contribution is 6.05. The zero-order chi connectivity index (χ0) is 22.9. The van der Waals surface area contributed by atoms with Gasteiger partial charge in [-0.1, -0.05) is 18.2 Å². The van der Waals surface area contributed by atoms with Crippen LogP contribution in [0.5, 0.6) is 11.5 Å². The van der Waals surface area contributed by atoms with Gasteiger partial charge in [-0.3, -0.25) is 15.1 Å². The smallest absolute Gasteiger partial charge is 0.254 e. The fraction of sp³-hybridized carbons (Fsp3) is 0.440. The van der Waals surface area contributed by atoms with Crippen LogP contribution >= 0.6 is 0 Å². The van der Waals surface area contributed by atoms with Gasteiger partial charge < -0.3 is 19.7 Å². The van der Waals surface area contributed by atoms with Gasteiger partial charge in [-0.25, -0.2) is 0 Å². The average Bonchev–Trinajstić information content (AvgIpc) is 3.15. The van der Waals surface area contributed by atoms with Crippen molar-refractivity contribution in [1.29, 1.82) is 0 Å². The predicted molar refractivity (Wildman–Crippen MR) is 127 cm³/mol. The number of hydrogen-bond acceptors (Lipinski definition) is 5. The first-order chi connectivity index (χ1) is 15.2. The number of aliphatic imine (C=N–C) groups is 1. The van der Waals surface area contributed by atoms with Crippen molar-refractivity contribution < 1.29 is 14.3 Å². The van der Waals surface area contributed by atoms with Crippen LogP contribution in [0.4, 0.5) is 5.69 Å². The fourth-order valence-electron chi connectivity index (χ4n) is 4.33. The van der Waals surface area contributed by atoms with Crippen LogP contribution in [-0.4, -0.2) is 55.0 Å². The van der Waals surface area contributed by atoms with Crippen molar-refractivity contribution in [2.45, 2.75) is 44.8 Å². The summed E-state index contributed by atoms with van der Waals surface area (Å²) in [6.07, 6.45) is 0.780. The molecule has 1 saturated heterocycles. The summed E-state index contributed by atoms with van der Waals surface area (Å²) in [5.41, 5.74) is 2.15. The van der Waals surface area contributed by atoms with Gasteiger partial charge in [0, 0.05) is 30.9 Å². The Morgan fingerprint density at radius 1 is 1.09 bits per heavy atom. The highest BCUT2D eigenvalue weighted by Crippen LogP contribution is 2.33. The zero-order valence-electron chi connectivity index (χ0n) is 19.5. The number of para-hydroxylation sites is 1. The topological polar surface area (TPSA) is 75.2 Å². The van der Waals surface area contributed by atoms with E-state index in [0.29, 0.717) is 36.7 Å². The number of carbonyl (C=O) groups is 1. The molecule has 170 valence electrons. The number of fused-ring (bicyclic) bond motifs is 1. The monoisotopic (exact) mass is 436 g/mol. The van der Waals surface area contributed by atoms with Gasteiger partial charge in [0.2, 0.25) is 0 Å². The Labute approximate surface area is 189 Å². The molecule has 0 saturated carbocycles. The number of ether oxygens (including phenoxy) is 2. The van der Waals surface area contributed by atoms with E-state index in [1.165, 1.54) is 5.56 Å².